The zero-order chi connectivity index (χ0) is 12.3. The summed E-state index contributed by atoms with van der Waals surface area (Å²) in [5, 5.41) is 8.51. The number of ether oxygens (including phenoxy) is 1. The van der Waals surface area contributed by atoms with Gasteiger partial charge in [-0.1, -0.05) is 18.2 Å². The highest BCUT2D eigenvalue weighted by Gasteiger charge is 2.31. The molecule has 4 nitrogen and oxygen atoms in total. The molecule has 0 saturated carbocycles. The molecular weight excluding hydrogens is 216 g/mol. The predicted molar refractivity (Wildman–Crippen MR) is 62.5 cm³/mol. The lowest BCUT2D eigenvalue weighted by molar-refractivity contribution is -0.131. The van der Waals surface area contributed by atoms with Crippen molar-refractivity contribution in [3.8, 4) is 11.8 Å². The van der Waals surface area contributed by atoms with E-state index in [2.05, 4.69) is 0 Å². The second kappa shape index (κ2) is 4.88. The van der Waals surface area contributed by atoms with E-state index < -0.39 is 0 Å². The third-order valence-electron chi connectivity index (χ3n) is 2.93. The summed E-state index contributed by atoms with van der Waals surface area (Å²) < 4.78 is 5.47. The zero-order valence-corrected chi connectivity index (χ0v) is 9.72. The number of carbonyl (C=O) groups excluding carboxylic acids is 1. The maximum atomic E-state index is 12.2. The number of amides is 1. The van der Waals surface area contributed by atoms with Crippen molar-refractivity contribution in [3.05, 3.63) is 29.8 Å². The lowest BCUT2D eigenvalue weighted by Gasteiger charge is -2.19. The minimum absolute atomic E-state index is 0.0187. The SMILES string of the molecule is CN(CCC#N)C(=O)C1COc2ccccc21. The largest absolute Gasteiger partial charge is 0.492 e. The number of hydrogen-bond acceptors (Lipinski definition) is 3. The molecular formula is C13H14N2O2. The van der Waals surface area contributed by atoms with Gasteiger partial charge in [-0.05, 0) is 6.07 Å². The summed E-state index contributed by atoms with van der Waals surface area (Å²) in [6.07, 6.45) is 0.359. The average Bonchev–Trinajstić information content (AvgIpc) is 2.78. The molecule has 0 radical (unpaired) electrons. The van der Waals surface area contributed by atoms with Crippen molar-refractivity contribution in [2.45, 2.75) is 12.3 Å². The van der Waals surface area contributed by atoms with E-state index in [1.54, 1.807) is 11.9 Å². The van der Waals surface area contributed by atoms with Crippen LogP contribution in [0.4, 0.5) is 0 Å². The summed E-state index contributed by atoms with van der Waals surface area (Å²) in [5.74, 6) is 0.583. The highest BCUT2D eigenvalue weighted by atomic mass is 16.5. The summed E-state index contributed by atoms with van der Waals surface area (Å²) in [5.41, 5.74) is 0.946. The molecule has 0 aromatic heterocycles. The normalized spacial score (nSPS) is 16.8. The van der Waals surface area contributed by atoms with Crippen molar-refractivity contribution in [2.24, 2.45) is 0 Å². The van der Waals surface area contributed by atoms with Gasteiger partial charge in [0.1, 0.15) is 18.3 Å². The molecule has 1 atom stereocenters. The van der Waals surface area contributed by atoms with Crippen LogP contribution in [0.3, 0.4) is 0 Å². The highest BCUT2D eigenvalue weighted by Crippen LogP contribution is 2.34. The standard InChI is InChI=1S/C13H14N2O2/c1-15(8-4-7-14)13(16)11-9-17-12-6-3-2-5-10(11)12/h2-3,5-6,11H,4,8-9H2,1H3. The molecule has 2 rings (SSSR count). The molecule has 1 aliphatic heterocycles. The molecule has 0 bridgehead atoms. The molecule has 1 unspecified atom stereocenters. The smallest absolute Gasteiger partial charge is 0.233 e. The molecule has 1 aromatic rings. The van der Waals surface area contributed by atoms with Crippen LogP contribution in [-0.4, -0.2) is 31.0 Å². The van der Waals surface area contributed by atoms with E-state index in [1.165, 1.54) is 0 Å². The van der Waals surface area contributed by atoms with E-state index in [0.29, 0.717) is 19.6 Å². The predicted octanol–water partition coefficient (Wildman–Crippen LogP) is 1.53. The van der Waals surface area contributed by atoms with Crippen LogP contribution in [0.5, 0.6) is 5.75 Å². The first-order chi connectivity index (χ1) is 8.24. The van der Waals surface area contributed by atoms with Gasteiger partial charge in [0.2, 0.25) is 5.91 Å². The van der Waals surface area contributed by atoms with E-state index >= 15 is 0 Å². The van der Waals surface area contributed by atoms with E-state index in [-0.39, 0.29) is 11.8 Å². The lowest BCUT2D eigenvalue weighted by atomic mass is 10.00. The van der Waals surface area contributed by atoms with Gasteiger partial charge in [0.05, 0.1) is 12.5 Å². The van der Waals surface area contributed by atoms with E-state index in [0.717, 1.165) is 11.3 Å². The summed E-state index contributed by atoms with van der Waals surface area (Å²) >= 11 is 0. The topological polar surface area (TPSA) is 53.3 Å². The van der Waals surface area contributed by atoms with Crippen molar-refractivity contribution in [1.82, 2.24) is 4.90 Å². The number of likely N-dealkylation sites (N-methyl/N-ethyl adjacent to an activating group) is 1. The molecule has 1 aliphatic rings. The molecule has 0 N–H and O–H groups in total. The number of nitrogens with zero attached hydrogens (tertiary/aromatic N) is 2. The van der Waals surface area contributed by atoms with E-state index in [9.17, 15) is 4.79 Å². The fourth-order valence-electron chi connectivity index (χ4n) is 1.96. The van der Waals surface area contributed by atoms with Crippen LogP contribution in [0.25, 0.3) is 0 Å². The minimum atomic E-state index is -0.227. The zero-order valence-electron chi connectivity index (χ0n) is 9.72. The number of carbonyl (C=O) groups is 1. The van der Waals surface area contributed by atoms with Crippen molar-refractivity contribution in [2.75, 3.05) is 20.2 Å². The molecule has 0 aliphatic carbocycles. The second-order valence-corrected chi connectivity index (χ2v) is 4.07. The minimum Gasteiger partial charge on any atom is -0.492 e. The van der Waals surface area contributed by atoms with Gasteiger partial charge in [0.25, 0.3) is 0 Å². The fourth-order valence-corrected chi connectivity index (χ4v) is 1.96. The number of nitriles is 1. The lowest BCUT2D eigenvalue weighted by Crippen LogP contribution is -2.33. The molecule has 0 fully saturated rings. The average molecular weight is 230 g/mol. The summed E-state index contributed by atoms with van der Waals surface area (Å²) in [7, 11) is 1.72. The number of hydrogen-bond donors (Lipinski definition) is 0. The van der Waals surface area contributed by atoms with Crippen LogP contribution >= 0.6 is 0 Å². The summed E-state index contributed by atoms with van der Waals surface area (Å²) in [6, 6.07) is 9.63. The van der Waals surface area contributed by atoms with Crippen molar-refractivity contribution in [3.63, 3.8) is 0 Å². The van der Waals surface area contributed by atoms with E-state index in [4.69, 9.17) is 10.00 Å². The van der Waals surface area contributed by atoms with Crippen LogP contribution in [-0.2, 0) is 4.79 Å². The Morgan fingerprint density at radius 2 is 2.35 bits per heavy atom. The van der Waals surface area contributed by atoms with Crippen LogP contribution in [0.2, 0.25) is 0 Å². The summed E-state index contributed by atoms with van der Waals surface area (Å²) in [6.45, 7) is 0.864. The number of benzene rings is 1. The molecule has 17 heavy (non-hydrogen) atoms. The van der Waals surface area contributed by atoms with Gasteiger partial charge in [-0.3, -0.25) is 4.79 Å². The first-order valence-electron chi connectivity index (χ1n) is 5.57. The quantitative estimate of drug-likeness (QED) is 0.791. The molecule has 88 valence electrons. The van der Waals surface area contributed by atoms with Gasteiger partial charge in [0.15, 0.2) is 0 Å². The third-order valence-corrected chi connectivity index (χ3v) is 2.93. The summed E-state index contributed by atoms with van der Waals surface area (Å²) in [4.78, 5) is 13.7. The third kappa shape index (κ3) is 2.23. The number of fused-ring (bicyclic) bond motifs is 1. The van der Waals surface area contributed by atoms with Gasteiger partial charge in [-0.2, -0.15) is 5.26 Å². The Labute approximate surface area is 100 Å². The fraction of sp³-hybridized carbons (Fsp3) is 0.385. The Morgan fingerprint density at radius 3 is 3.12 bits per heavy atom. The Hall–Kier alpha value is -2.02. The Bertz CT molecular complexity index is 465. The van der Waals surface area contributed by atoms with Crippen molar-refractivity contribution >= 4 is 5.91 Å². The second-order valence-electron chi connectivity index (χ2n) is 4.07. The Morgan fingerprint density at radius 1 is 1.59 bits per heavy atom. The van der Waals surface area contributed by atoms with Crippen LogP contribution in [0.1, 0.15) is 17.9 Å². The van der Waals surface area contributed by atoms with Gasteiger partial charge in [0, 0.05) is 19.2 Å². The highest BCUT2D eigenvalue weighted by molar-refractivity contribution is 5.85. The van der Waals surface area contributed by atoms with E-state index in [1.807, 2.05) is 30.3 Å². The van der Waals surface area contributed by atoms with Gasteiger partial charge < -0.3 is 9.64 Å². The number of rotatable bonds is 3. The van der Waals surface area contributed by atoms with Gasteiger partial charge in [-0.15, -0.1) is 0 Å². The molecule has 0 spiro atoms. The van der Waals surface area contributed by atoms with Gasteiger partial charge >= 0.3 is 0 Å². The molecule has 1 amide bonds. The first-order valence-corrected chi connectivity index (χ1v) is 5.57. The Kier molecular flexibility index (Phi) is 3.29. The van der Waals surface area contributed by atoms with Crippen molar-refractivity contribution < 1.29 is 9.53 Å². The molecule has 1 heterocycles. The Balaban J connectivity index is 2.10. The van der Waals surface area contributed by atoms with Crippen LogP contribution < -0.4 is 4.74 Å². The van der Waals surface area contributed by atoms with Crippen LogP contribution in [0, 0.1) is 11.3 Å². The molecule has 0 saturated heterocycles. The van der Waals surface area contributed by atoms with Gasteiger partial charge in [-0.25, -0.2) is 0 Å². The maximum Gasteiger partial charge on any atom is 0.233 e. The van der Waals surface area contributed by atoms with Crippen LogP contribution in [0.15, 0.2) is 24.3 Å². The molecule has 4 heteroatoms. The maximum absolute atomic E-state index is 12.2. The molecule has 1 aromatic carbocycles. The number of para-hydroxylation sites is 1. The van der Waals surface area contributed by atoms with Crippen molar-refractivity contribution in [1.29, 1.82) is 5.26 Å². The first kappa shape index (κ1) is 11.5. The monoisotopic (exact) mass is 230 g/mol.